The predicted octanol–water partition coefficient (Wildman–Crippen LogP) is 1.98. The van der Waals surface area contributed by atoms with Gasteiger partial charge in [-0.2, -0.15) is 0 Å². The number of hydrogen-bond donors (Lipinski definition) is 2. The molecule has 1 heterocycles. The van der Waals surface area contributed by atoms with E-state index in [1.807, 2.05) is 11.8 Å². The van der Waals surface area contributed by atoms with Crippen LogP contribution in [0.1, 0.15) is 43.5 Å². The van der Waals surface area contributed by atoms with Gasteiger partial charge in [0.05, 0.1) is 16.2 Å². The monoisotopic (exact) mass is 392 g/mol. The van der Waals surface area contributed by atoms with Gasteiger partial charge >= 0.3 is 12.0 Å². The normalized spacial score (nSPS) is 14.3. The summed E-state index contributed by atoms with van der Waals surface area (Å²) in [5, 5.41) is 15.7. The van der Waals surface area contributed by atoms with Gasteiger partial charge in [-0.25, -0.2) is 9.59 Å². The number of rotatable bonds is 7. The number of imide groups is 1. The minimum absolute atomic E-state index is 0.0213. The van der Waals surface area contributed by atoms with Crippen molar-refractivity contribution in [2.75, 3.05) is 24.6 Å². The van der Waals surface area contributed by atoms with Crippen molar-refractivity contribution >= 4 is 29.3 Å². The number of esters is 1. The van der Waals surface area contributed by atoms with Crippen LogP contribution in [0, 0.1) is 10.1 Å². The third kappa shape index (κ3) is 5.66. The molecule has 1 atom stereocenters. The Morgan fingerprint density at radius 3 is 2.57 bits per heavy atom. The number of nitro benzene ring substituents is 1. The molecular formula is C18H24N4O6. The first-order valence-electron chi connectivity index (χ1n) is 9.12. The van der Waals surface area contributed by atoms with Crippen LogP contribution in [0.4, 0.5) is 16.2 Å². The molecule has 1 fully saturated rings. The van der Waals surface area contributed by atoms with E-state index >= 15 is 0 Å². The first kappa shape index (κ1) is 21.1. The Morgan fingerprint density at radius 1 is 1.29 bits per heavy atom. The molecule has 1 aromatic carbocycles. The predicted molar refractivity (Wildman–Crippen MR) is 101 cm³/mol. The van der Waals surface area contributed by atoms with E-state index in [-0.39, 0.29) is 17.3 Å². The first-order chi connectivity index (χ1) is 13.3. The molecule has 0 spiro atoms. The third-order valence-corrected chi connectivity index (χ3v) is 4.43. The number of non-ortho nitro benzene ring substituents is 1. The summed E-state index contributed by atoms with van der Waals surface area (Å²) in [6.07, 6.45) is 2.61. The topological polar surface area (TPSA) is 131 Å². The smallest absolute Gasteiger partial charge is 0.341 e. The lowest BCUT2D eigenvalue weighted by Gasteiger charge is -2.20. The minimum Gasteiger partial charge on any atom is -0.452 e. The summed E-state index contributed by atoms with van der Waals surface area (Å²) in [5.74, 6) is -1.65. The molecule has 0 aliphatic carbocycles. The fraction of sp³-hybridized carbons (Fsp3) is 0.500. The summed E-state index contributed by atoms with van der Waals surface area (Å²) in [6.45, 7) is 4.45. The van der Waals surface area contributed by atoms with Crippen molar-refractivity contribution in [2.24, 2.45) is 0 Å². The van der Waals surface area contributed by atoms with Crippen LogP contribution in [-0.2, 0) is 9.53 Å². The Balaban J connectivity index is 2.04. The number of nitrogens with zero attached hydrogens (tertiary/aromatic N) is 2. The molecule has 1 saturated heterocycles. The van der Waals surface area contributed by atoms with Crippen molar-refractivity contribution in [3.8, 4) is 0 Å². The molecule has 10 heteroatoms. The van der Waals surface area contributed by atoms with Gasteiger partial charge in [0.15, 0.2) is 6.61 Å². The molecule has 28 heavy (non-hydrogen) atoms. The Bertz CT molecular complexity index is 760. The highest BCUT2D eigenvalue weighted by atomic mass is 16.6. The number of hydrogen-bond acceptors (Lipinski definition) is 7. The highest BCUT2D eigenvalue weighted by molar-refractivity contribution is 5.99. The van der Waals surface area contributed by atoms with Gasteiger partial charge in [0.25, 0.3) is 11.6 Å². The lowest BCUT2D eigenvalue weighted by Crippen LogP contribution is -2.44. The summed E-state index contributed by atoms with van der Waals surface area (Å²) >= 11 is 0. The highest BCUT2D eigenvalue weighted by Crippen LogP contribution is 2.28. The molecule has 2 rings (SSSR count). The summed E-state index contributed by atoms with van der Waals surface area (Å²) in [4.78, 5) is 48.3. The Labute approximate surface area is 162 Å². The number of nitrogens with one attached hydrogen (secondary N) is 2. The van der Waals surface area contributed by atoms with Crippen molar-refractivity contribution in [3.63, 3.8) is 0 Å². The second-order valence-electron chi connectivity index (χ2n) is 6.56. The van der Waals surface area contributed by atoms with Crippen LogP contribution in [0.2, 0.25) is 0 Å². The molecule has 0 radical (unpaired) electrons. The maximum atomic E-state index is 12.5. The zero-order chi connectivity index (χ0) is 20.7. The van der Waals surface area contributed by atoms with Gasteiger partial charge in [0, 0.05) is 31.3 Å². The Hall–Kier alpha value is -3.17. The Kier molecular flexibility index (Phi) is 7.30. The second kappa shape index (κ2) is 9.67. The molecular weight excluding hydrogens is 368 g/mol. The molecule has 1 aromatic rings. The number of benzene rings is 1. The van der Waals surface area contributed by atoms with Crippen molar-refractivity contribution in [1.82, 2.24) is 10.6 Å². The van der Waals surface area contributed by atoms with Crippen LogP contribution in [0.25, 0.3) is 0 Å². The number of nitro groups is 1. The Morgan fingerprint density at radius 2 is 1.96 bits per heavy atom. The summed E-state index contributed by atoms with van der Waals surface area (Å²) in [6, 6.07) is 3.20. The van der Waals surface area contributed by atoms with Crippen molar-refractivity contribution in [3.05, 3.63) is 33.9 Å². The maximum Gasteiger partial charge on any atom is 0.341 e. The molecule has 0 aromatic heterocycles. The van der Waals surface area contributed by atoms with Gasteiger partial charge in [-0.15, -0.1) is 0 Å². The van der Waals surface area contributed by atoms with Crippen LogP contribution in [-0.4, -0.2) is 48.6 Å². The number of urea groups is 1. The number of amides is 3. The van der Waals surface area contributed by atoms with Crippen LogP contribution < -0.4 is 15.5 Å². The van der Waals surface area contributed by atoms with Crippen LogP contribution >= 0.6 is 0 Å². The zero-order valence-electron chi connectivity index (χ0n) is 15.9. The largest absolute Gasteiger partial charge is 0.452 e. The van der Waals surface area contributed by atoms with E-state index in [2.05, 4.69) is 10.6 Å². The SMILES string of the molecule is CC[C@H](C)NC(=O)NC(=O)COC(=O)c1cc([N+](=O)[O-])ccc1N1CCCC1. The number of carbonyl (C=O) groups is 3. The van der Waals surface area contributed by atoms with E-state index in [1.165, 1.54) is 12.1 Å². The zero-order valence-corrected chi connectivity index (χ0v) is 15.9. The summed E-state index contributed by atoms with van der Waals surface area (Å²) in [7, 11) is 0. The average Bonchev–Trinajstić information content (AvgIpc) is 3.19. The molecule has 1 aliphatic rings. The van der Waals surface area contributed by atoms with E-state index in [0.29, 0.717) is 12.1 Å². The van der Waals surface area contributed by atoms with E-state index in [9.17, 15) is 24.5 Å². The highest BCUT2D eigenvalue weighted by Gasteiger charge is 2.24. The van der Waals surface area contributed by atoms with E-state index in [1.54, 1.807) is 6.92 Å². The van der Waals surface area contributed by atoms with Gasteiger partial charge in [-0.1, -0.05) is 6.92 Å². The molecule has 3 amide bonds. The van der Waals surface area contributed by atoms with Crippen LogP contribution in [0.15, 0.2) is 18.2 Å². The number of anilines is 1. The number of carbonyl (C=O) groups excluding carboxylic acids is 3. The maximum absolute atomic E-state index is 12.5. The lowest BCUT2D eigenvalue weighted by molar-refractivity contribution is -0.384. The van der Waals surface area contributed by atoms with Gasteiger partial charge in [0.1, 0.15) is 0 Å². The minimum atomic E-state index is -0.858. The van der Waals surface area contributed by atoms with Gasteiger partial charge in [-0.05, 0) is 32.3 Å². The third-order valence-electron chi connectivity index (χ3n) is 4.43. The van der Waals surface area contributed by atoms with E-state index in [4.69, 9.17) is 4.74 Å². The fourth-order valence-corrected chi connectivity index (χ4v) is 2.77. The molecule has 0 saturated carbocycles. The second-order valence-corrected chi connectivity index (χ2v) is 6.56. The number of ether oxygens (including phenoxy) is 1. The average molecular weight is 392 g/mol. The summed E-state index contributed by atoms with van der Waals surface area (Å²) in [5.41, 5.74) is 0.309. The molecule has 152 valence electrons. The van der Waals surface area contributed by atoms with E-state index < -0.39 is 29.4 Å². The fourth-order valence-electron chi connectivity index (χ4n) is 2.77. The molecule has 2 N–H and O–H groups in total. The van der Waals surface area contributed by atoms with Crippen LogP contribution in [0.3, 0.4) is 0 Å². The lowest BCUT2D eigenvalue weighted by atomic mass is 10.1. The van der Waals surface area contributed by atoms with Crippen molar-refractivity contribution in [2.45, 2.75) is 39.2 Å². The molecule has 0 unspecified atom stereocenters. The van der Waals surface area contributed by atoms with Crippen molar-refractivity contribution < 1.29 is 24.0 Å². The standard InChI is InChI=1S/C18H24N4O6/c1-3-12(2)19-18(25)20-16(23)11-28-17(24)14-10-13(22(26)27)6-7-15(14)21-8-4-5-9-21/h6-7,10,12H,3-5,8-9,11H2,1-2H3,(H2,19,20,23,25)/t12-/m0/s1. The van der Waals surface area contributed by atoms with E-state index in [0.717, 1.165) is 32.0 Å². The molecule has 1 aliphatic heterocycles. The quantitative estimate of drug-likeness (QED) is 0.412. The van der Waals surface area contributed by atoms with Gasteiger partial charge in [-0.3, -0.25) is 20.2 Å². The van der Waals surface area contributed by atoms with Gasteiger partial charge in [0.2, 0.25) is 0 Å². The van der Waals surface area contributed by atoms with Gasteiger partial charge < -0.3 is 15.0 Å². The molecule has 10 nitrogen and oxygen atoms in total. The van der Waals surface area contributed by atoms with Crippen molar-refractivity contribution in [1.29, 1.82) is 0 Å². The first-order valence-corrected chi connectivity index (χ1v) is 9.12. The van der Waals surface area contributed by atoms with Crippen LogP contribution in [0.5, 0.6) is 0 Å². The molecule has 0 bridgehead atoms. The summed E-state index contributed by atoms with van der Waals surface area (Å²) < 4.78 is 4.98.